The van der Waals surface area contributed by atoms with Crippen molar-refractivity contribution in [3.05, 3.63) is 66.7 Å². The fourth-order valence-corrected chi connectivity index (χ4v) is 3.18. The summed E-state index contributed by atoms with van der Waals surface area (Å²) in [4.78, 5) is 11.1. The Bertz CT molecular complexity index is 793. The molecule has 0 saturated heterocycles. The van der Waals surface area contributed by atoms with Crippen molar-refractivity contribution in [1.82, 2.24) is 14.8 Å². The molecule has 1 aliphatic rings. The summed E-state index contributed by atoms with van der Waals surface area (Å²) in [5.74, 6) is 0.801. The minimum atomic E-state index is 0.801. The average Bonchev–Trinajstić information content (AvgIpc) is 2.96. The molecular weight excluding hydrogens is 268 g/mol. The summed E-state index contributed by atoms with van der Waals surface area (Å²) in [6, 6.07) is 16.4. The summed E-state index contributed by atoms with van der Waals surface area (Å²) in [7, 11) is 0. The zero-order valence-electron chi connectivity index (χ0n) is 10.5. The molecule has 0 bridgehead atoms. The van der Waals surface area contributed by atoms with E-state index in [0.29, 0.717) is 0 Å². The normalized spacial score (nSPS) is 13.1. The number of fused-ring (bicyclic) bond motifs is 2. The smallest absolute Gasteiger partial charge is 0.164 e. The highest BCUT2D eigenvalue weighted by Gasteiger charge is 2.18. The Kier molecular flexibility index (Phi) is 2.63. The van der Waals surface area contributed by atoms with Gasteiger partial charge in [0.2, 0.25) is 0 Å². The van der Waals surface area contributed by atoms with Gasteiger partial charge in [-0.1, -0.05) is 42.1 Å². The molecule has 2 heterocycles. The zero-order valence-corrected chi connectivity index (χ0v) is 11.3. The van der Waals surface area contributed by atoms with Gasteiger partial charge in [-0.25, -0.2) is 14.7 Å². The Morgan fingerprint density at radius 3 is 2.55 bits per heavy atom. The number of aliphatic imine (C=N–C) groups is 1. The number of nitrogens with zero attached hydrogens (tertiary/aromatic N) is 4. The molecule has 0 spiro atoms. The van der Waals surface area contributed by atoms with E-state index in [0.717, 1.165) is 22.0 Å². The third kappa shape index (κ3) is 1.83. The van der Waals surface area contributed by atoms with Gasteiger partial charge in [0.15, 0.2) is 5.84 Å². The lowest BCUT2D eigenvalue weighted by Crippen LogP contribution is -2.14. The SMILES string of the molecule is c1ccc2c(c1)N=C(n1cncn1)c1ccccc1S2. The van der Waals surface area contributed by atoms with E-state index in [4.69, 9.17) is 4.99 Å². The lowest BCUT2D eigenvalue weighted by molar-refractivity contribution is 0.928. The molecule has 0 atom stereocenters. The summed E-state index contributed by atoms with van der Waals surface area (Å²) in [5, 5.41) is 4.22. The molecule has 2 aromatic carbocycles. The molecule has 20 heavy (non-hydrogen) atoms. The lowest BCUT2D eigenvalue weighted by Gasteiger charge is -2.07. The lowest BCUT2D eigenvalue weighted by atomic mass is 10.2. The molecular formula is C15H10N4S. The maximum Gasteiger partial charge on any atom is 0.164 e. The molecule has 0 unspecified atom stereocenters. The van der Waals surface area contributed by atoms with Gasteiger partial charge in [-0.2, -0.15) is 5.10 Å². The second-order valence-corrected chi connectivity index (χ2v) is 5.43. The first-order chi connectivity index (χ1) is 9.92. The van der Waals surface area contributed by atoms with Crippen LogP contribution in [0.4, 0.5) is 5.69 Å². The number of rotatable bonds is 0. The van der Waals surface area contributed by atoms with Crippen molar-refractivity contribution in [2.45, 2.75) is 9.79 Å². The van der Waals surface area contributed by atoms with Crippen LogP contribution in [0, 0.1) is 0 Å². The third-order valence-electron chi connectivity index (χ3n) is 3.08. The number of benzene rings is 2. The molecule has 0 aliphatic carbocycles. The van der Waals surface area contributed by atoms with E-state index < -0.39 is 0 Å². The number of aromatic nitrogens is 3. The molecule has 96 valence electrons. The first kappa shape index (κ1) is 11.4. The fourth-order valence-electron chi connectivity index (χ4n) is 2.16. The molecule has 0 radical (unpaired) electrons. The molecule has 4 nitrogen and oxygen atoms in total. The summed E-state index contributed by atoms with van der Waals surface area (Å²) in [6.07, 6.45) is 3.20. The summed E-state index contributed by atoms with van der Waals surface area (Å²) >= 11 is 1.73. The van der Waals surface area contributed by atoms with Crippen LogP contribution in [0.15, 0.2) is 76.0 Å². The van der Waals surface area contributed by atoms with Crippen LogP contribution >= 0.6 is 11.8 Å². The third-order valence-corrected chi connectivity index (χ3v) is 4.22. The van der Waals surface area contributed by atoms with Gasteiger partial charge >= 0.3 is 0 Å². The highest BCUT2D eigenvalue weighted by molar-refractivity contribution is 7.99. The van der Waals surface area contributed by atoms with E-state index >= 15 is 0 Å². The molecule has 3 aromatic rings. The van der Waals surface area contributed by atoms with Crippen LogP contribution in [0.1, 0.15) is 5.56 Å². The quantitative estimate of drug-likeness (QED) is 0.495. The molecule has 1 aromatic heterocycles. The Morgan fingerprint density at radius 1 is 0.900 bits per heavy atom. The predicted molar refractivity (Wildman–Crippen MR) is 78.6 cm³/mol. The Balaban J connectivity index is 2.01. The summed E-state index contributed by atoms with van der Waals surface area (Å²) in [6.45, 7) is 0. The van der Waals surface area contributed by atoms with Gasteiger partial charge in [0, 0.05) is 15.4 Å². The van der Waals surface area contributed by atoms with Crippen LogP contribution in [0.2, 0.25) is 0 Å². The van der Waals surface area contributed by atoms with Crippen molar-refractivity contribution in [1.29, 1.82) is 0 Å². The van der Waals surface area contributed by atoms with Gasteiger partial charge in [-0.3, -0.25) is 0 Å². The summed E-state index contributed by atoms with van der Waals surface area (Å²) in [5.41, 5.74) is 2.03. The number of hydrogen-bond donors (Lipinski definition) is 0. The first-order valence-electron chi connectivity index (χ1n) is 6.22. The minimum absolute atomic E-state index is 0.801. The summed E-state index contributed by atoms with van der Waals surface area (Å²) < 4.78 is 1.71. The highest BCUT2D eigenvalue weighted by Crippen LogP contribution is 2.39. The largest absolute Gasteiger partial charge is 0.227 e. The van der Waals surface area contributed by atoms with Crippen molar-refractivity contribution < 1.29 is 0 Å². The number of hydrogen-bond acceptors (Lipinski definition) is 4. The van der Waals surface area contributed by atoms with Crippen LogP contribution < -0.4 is 0 Å². The van der Waals surface area contributed by atoms with Crippen molar-refractivity contribution in [2.24, 2.45) is 4.99 Å². The van der Waals surface area contributed by atoms with Crippen LogP contribution in [-0.2, 0) is 0 Å². The number of para-hydroxylation sites is 1. The van der Waals surface area contributed by atoms with Gasteiger partial charge in [-0.15, -0.1) is 0 Å². The first-order valence-corrected chi connectivity index (χ1v) is 7.03. The molecule has 5 heteroatoms. The van der Waals surface area contributed by atoms with E-state index in [1.165, 1.54) is 11.2 Å². The molecule has 1 aliphatic heterocycles. The Morgan fingerprint density at radius 2 is 1.70 bits per heavy atom. The minimum Gasteiger partial charge on any atom is -0.227 e. The molecule has 0 N–H and O–H groups in total. The molecule has 0 fully saturated rings. The maximum atomic E-state index is 4.78. The molecule has 4 rings (SSSR count). The monoisotopic (exact) mass is 278 g/mol. The standard InChI is InChI=1S/C15H10N4S/c1-3-7-13-11(5-1)15(19-10-16-9-17-19)18-12-6-2-4-8-14(12)20-13/h1-10H. The Hall–Kier alpha value is -2.40. The van der Waals surface area contributed by atoms with E-state index in [9.17, 15) is 0 Å². The molecule has 0 amide bonds. The second-order valence-electron chi connectivity index (χ2n) is 4.34. The van der Waals surface area contributed by atoms with E-state index in [2.05, 4.69) is 28.3 Å². The highest BCUT2D eigenvalue weighted by atomic mass is 32.2. The maximum absolute atomic E-state index is 4.78. The topological polar surface area (TPSA) is 43.1 Å². The second kappa shape index (κ2) is 4.61. The van der Waals surface area contributed by atoms with Gasteiger partial charge in [0.25, 0.3) is 0 Å². The van der Waals surface area contributed by atoms with Gasteiger partial charge in [0.05, 0.1) is 5.69 Å². The van der Waals surface area contributed by atoms with Gasteiger partial charge < -0.3 is 0 Å². The van der Waals surface area contributed by atoms with Crippen LogP contribution in [-0.4, -0.2) is 20.6 Å². The van der Waals surface area contributed by atoms with Crippen LogP contribution in [0.25, 0.3) is 0 Å². The fraction of sp³-hybridized carbons (Fsp3) is 0. The van der Waals surface area contributed by atoms with E-state index in [-0.39, 0.29) is 0 Å². The zero-order chi connectivity index (χ0) is 13.4. The molecule has 0 saturated carbocycles. The van der Waals surface area contributed by atoms with Crippen LogP contribution in [0.5, 0.6) is 0 Å². The van der Waals surface area contributed by atoms with Crippen LogP contribution in [0.3, 0.4) is 0 Å². The van der Waals surface area contributed by atoms with E-state index in [1.807, 2.05) is 30.3 Å². The van der Waals surface area contributed by atoms with Gasteiger partial charge in [-0.05, 0) is 18.2 Å². The van der Waals surface area contributed by atoms with Crippen molar-refractivity contribution in [3.63, 3.8) is 0 Å². The Labute approximate surface area is 120 Å². The average molecular weight is 278 g/mol. The van der Waals surface area contributed by atoms with Crippen molar-refractivity contribution >= 4 is 23.3 Å². The van der Waals surface area contributed by atoms with Crippen molar-refractivity contribution in [3.8, 4) is 0 Å². The van der Waals surface area contributed by atoms with Crippen molar-refractivity contribution in [2.75, 3.05) is 0 Å². The predicted octanol–water partition coefficient (Wildman–Crippen LogP) is 3.37. The van der Waals surface area contributed by atoms with Gasteiger partial charge in [0.1, 0.15) is 12.7 Å². The van der Waals surface area contributed by atoms with E-state index in [1.54, 1.807) is 22.8 Å².